The minimum Gasteiger partial charge on any atom is -0.394 e. The molecule has 0 atom stereocenters. The molecule has 1 fully saturated rings. The van der Waals surface area contributed by atoms with Gasteiger partial charge in [0.2, 0.25) is 0 Å². The van der Waals surface area contributed by atoms with Crippen molar-refractivity contribution < 1.29 is 5.11 Å². The van der Waals surface area contributed by atoms with E-state index < -0.39 is 0 Å². The lowest BCUT2D eigenvalue weighted by atomic mass is 9.75. The fourth-order valence-electron chi connectivity index (χ4n) is 3.13. The van der Waals surface area contributed by atoms with E-state index in [1.165, 1.54) is 25.7 Å². The van der Waals surface area contributed by atoms with E-state index in [0.29, 0.717) is 5.02 Å². The number of aliphatic hydroxyl groups is 1. The maximum Gasteiger partial charge on any atom is 0.0661 e. The van der Waals surface area contributed by atoms with E-state index in [1.54, 1.807) is 0 Å². The Hall–Kier alpha value is -0.250. The van der Waals surface area contributed by atoms with Crippen molar-refractivity contribution in [3.63, 3.8) is 0 Å². The van der Waals surface area contributed by atoms with E-state index in [-0.39, 0.29) is 12.1 Å². The third-order valence-electron chi connectivity index (χ3n) is 4.39. The number of hydrogen-bond donors (Lipinski definition) is 2. The van der Waals surface area contributed by atoms with Gasteiger partial charge in [0, 0.05) is 10.2 Å². The quantitative estimate of drug-likeness (QED) is 0.753. The molecule has 0 radical (unpaired) electrons. The van der Waals surface area contributed by atoms with E-state index in [2.05, 4.69) is 28.2 Å². The fourth-order valence-corrected chi connectivity index (χ4v) is 3.63. The Labute approximate surface area is 135 Å². The largest absolute Gasteiger partial charge is 0.394 e. The molecule has 1 aromatic carbocycles. The molecule has 1 saturated carbocycles. The molecule has 112 valence electrons. The second kappa shape index (κ2) is 7.15. The van der Waals surface area contributed by atoms with Gasteiger partial charge in [-0.15, -0.1) is 0 Å². The fraction of sp³-hybridized carbons (Fsp3) is 0.625. The van der Waals surface area contributed by atoms with Crippen molar-refractivity contribution in [2.24, 2.45) is 5.92 Å². The van der Waals surface area contributed by atoms with Crippen LogP contribution in [0.5, 0.6) is 0 Å². The Balaban J connectivity index is 2.03. The third-order valence-corrected chi connectivity index (χ3v) is 5.60. The Morgan fingerprint density at radius 3 is 2.65 bits per heavy atom. The van der Waals surface area contributed by atoms with E-state index in [0.717, 1.165) is 28.9 Å². The predicted octanol–water partition coefficient (Wildman–Crippen LogP) is 5.24. The molecular formula is C16H23BrClNO. The van der Waals surface area contributed by atoms with Crippen LogP contribution in [0.15, 0.2) is 22.7 Å². The first-order valence-corrected chi connectivity index (χ1v) is 8.60. The van der Waals surface area contributed by atoms with Gasteiger partial charge >= 0.3 is 0 Å². The summed E-state index contributed by atoms with van der Waals surface area (Å²) in [5.41, 5.74) is 0.849. The summed E-state index contributed by atoms with van der Waals surface area (Å²) in [6.45, 7) is 2.43. The van der Waals surface area contributed by atoms with Gasteiger partial charge in [-0.2, -0.15) is 0 Å². The maximum absolute atomic E-state index is 9.84. The molecule has 0 heterocycles. The summed E-state index contributed by atoms with van der Waals surface area (Å²) in [5, 5.41) is 14.1. The predicted molar refractivity (Wildman–Crippen MR) is 89.5 cm³/mol. The van der Waals surface area contributed by atoms with Gasteiger partial charge in [-0.25, -0.2) is 0 Å². The Kier molecular flexibility index (Phi) is 5.76. The zero-order valence-electron chi connectivity index (χ0n) is 12.0. The lowest BCUT2D eigenvalue weighted by Gasteiger charge is -2.40. The maximum atomic E-state index is 9.84. The van der Waals surface area contributed by atoms with Crippen molar-refractivity contribution in [2.75, 3.05) is 11.9 Å². The van der Waals surface area contributed by atoms with Gasteiger partial charge in [-0.3, -0.25) is 0 Å². The monoisotopic (exact) mass is 359 g/mol. The van der Waals surface area contributed by atoms with Crippen molar-refractivity contribution in [1.29, 1.82) is 0 Å². The van der Waals surface area contributed by atoms with Gasteiger partial charge in [0.15, 0.2) is 0 Å². The number of benzene rings is 1. The van der Waals surface area contributed by atoms with Crippen LogP contribution in [0.2, 0.25) is 5.02 Å². The topological polar surface area (TPSA) is 32.3 Å². The van der Waals surface area contributed by atoms with Crippen LogP contribution in [0.1, 0.15) is 45.4 Å². The Morgan fingerprint density at radius 1 is 1.40 bits per heavy atom. The lowest BCUT2D eigenvalue weighted by molar-refractivity contribution is 0.148. The van der Waals surface area contributed by atoms with Gasteiger partial charge in [0.05, 0.1) is 17.2 Å². The summed E-state index contributed by atoms with van der Waals surface area (Å²) in [5.74, 6) is 0.832. The van der Waals surface area contributed by atoms with Gasteiger partial charge < -0.3 is 10.4 Å². The molecule has 0 unspecified atom stereocenters. The summed E-state index contributed by atoms with van der Waals surface area (Å²) in [6, 6.07) is 5.84. The van der Waals surface area contributed by atoms with Crippen LogP contribution in [0.4, 0.5) is 5.69 Å². The smallest absolute Gasteiger partial charge is 0.0661 e. The molecule has 0 saturated heterocycles. The molecule has 1 aliphatic rings. The van der Waals surface area contributed by atoms with Crippen LogP contribution in [-0.4, -0.2) is 17.3 Å². The normalized spacial score (nSPS) is 26.5. The summed E-state index contributed by atoms with van der Waals surface area (Å²) >= 11 is 9.47. The molecule has 0 amide bonds. The number of rotatable bonds is 5. The average Bonchev–Trinajstić information content (AvgIpc) is 2.46. The first kappa shape index (κ1) is 16.1. The van der Waals surface area contributed by atoms with E-state index in [1.807, 2.05) is 18.2 Å². The zero-order valence-corrected chi connectivity index (χ0v) is 14.3. The molecule has 1 aromatic rings. The van der Waals surface area contributed by atoms with Crippen LogP contribution in [0.25, 0.3) is 0 Å². The average molecular weight is 361 g/mol. The van der Waals surface area contributed by atoms with Crippen LogP contribution < -0.4 is 5.32 Å². The van der Waals surface area contributed by atoms with Crippen molar-refractivity contribution in [3.8, 4) is 0 Å². The third kappa shape index (κ3) is 3.90. The zero-order chi connectivity index (χ0) is 14.6. The molecule has 0 aromatic heterocycles. The van der Waals surface area contributed by atoms with Crippen molar-refractivity contribution in [3.05, 3.63) is 27.7 Å². The highest BCUT2D eigenvalue weighted by atomic mass is 79.9. The second-order valence-corrected chi connectivity index (χ2v) is 7.19. The summed E-state index contributed by atoms with van der Waals surface area (Å²) in [7, 11) is 0. The van der Waals surface area contributed by atoms with E-state index in [4.69, 9.17) is 11.6 Å². The van der Waals surface area contributed by atoms with Gasteiger partial charge in [0.25, 0.3) is 0 Å². The van der Waals surface area contributed by atoms with Crippen LogP contribution in [0.3, 0.4) is 0 Å². The first-order chi connectivity index (χ1) is 9.58. The van der Waals surface area contributed by atoms with Crippen molar-refractivity contribution in [2.45, 2.75) is 51.0 Å². The van der Waals surface area contributed by atoms with Crippen LogP contribution in [0, 0.1) is 5.92 Å². The number of anilines is 1. The number of aliphatic hydroxyl groups excluding tert-OH is 1. The molecule has 0 spiro atoms. The van der Waals surface area contributed by atoms with Gasteiger partial charge in [-0.1, -0.05) is 31.4 Å². The lowest BCUT2D eigenvalue weighted by Crippen LogP contribution is -2.45. The Morgan fingerprint density at radius 2 is 2.10 bits per heavy atom. The highest BCUT2D eigenvalue weighted by Gasteiger charge is 2.34. The molecule has 0 bridgehead atoms. The highest BCUT2D eigenvalue weighted by molar-refractivity contribution is 9.10. The summed E-state index contributed by atoms with van der Waals surface area (Å²) in [6.07, 6.45) is 7.05. The van der Waals surface area contributed by atoms with Crippen molar-refractivity contribution in [1.82, 2.24) is 0 Å². The van der Waals surface area contributed by atoms with Crippen molar-refractivity contribution >= 4 is 33.2 Å². The molecule has 2 nitrogen and oxygen atoms in total. The highest BCUT2D eigenvalue weighted by Crippen LogP contribution is 2.37. The summed E-state index contributed by atoms with van der Waals surface area (Å²) < 4.78 is 0.886. The minimum atomic E-state index is -0.169. The molecule has 4 heteroatoms. The molecular weight excluding hydrogens is 338 g/mol. The molecule has 1 aliphatic carbocycles. The SMILES string of the molecule is CCCC1CCC(CO)(Nc2ccc(Cl)c(Br)c2)CC1. The van der Waals surface area contributed by atoms with E-state index in [9.17, 15) is 5.11 Å². The molecule has 2 N–H and O–H groups in total. The van der Waals surface area contributed by atoms with E-state index >= 15 is 0 Å². The molecule has 2 rings (SSSR count). The number of hydrogen-bond acceptors (Lipinski definition) is 2. The van der Waals surface area contributed by atoms with Crippen LogP contribution >= 0.6 is 27.5 Å². The van der Waals surface area contributed by atoms with Gasteiger partial charge in [-0.05, 0) is 65.7 Å². The minimum absolute atomic E-state index is 0.169. The number of halogens is 2. The molecule has 0 aliphatic heterocycles. The second-order valence-electron chi connectivity index (χ2n) is 5.92. The first-order valence-electron chi connectivity index (χ1n) is 7.42. The van der Waals surface area contributed by atoms with Gasteiger partial charge in [0.1, 0.15) is 0 Å². The Bertz CT molecular complexity index is 444. The standard InChI is InChI=1S/C16H23BrClNO/c1-2-3-12-6-8-16(11-20,9-7-12)19-13-4-5-15(18)14(17)10-13/h4-5,10,12,19-20H,2-3,6-9,11H2,1H3. The number of nitrogens with one attached hydrogen (secondary N) is 1. The molecule has 20 heavy (non-hydrogen) atoms. The van der Waals surface area contributed by atoms with Crippen LogP contribution in [-0.2, 0) is 0 Å². The summed E-state index contributed by atoms with van der Waals surface area (Å²) in [4.78, 5) is 0.